The van der Waals surface area contributed by atoms with Gasteiger partial charge in [-0.1, -0.05) is 65.4 Å². The van der Waals surface area contributed by atoms with Crippen molar-refractivity contribution in [2.75, 3.05) is 11.1 Å². The van der Waals surface area contributed by atoms with Gasteiger partial charge in [-0.3, -0.25) is 4.79 Å². The van der Waals surface area contributed by atoms with Gasteiger partial charge in [0.1, 0.15) is 0 Å². The third-order valence-electron chi connectivity index (χ3n) is 3.65. The highest BCUT2D eigenvalue weighted by atomic mass is 35.5. The van der Waals surface area contributed by atoms with Crippen molar-refractivity contribution in [3.05, 3.63) is 62.0 Å². The minimum absolute atomic E-state index is 0.0912. The third kappa shape index (κ3) is 5.33. The van der Waals surface area contributed by atoms with Crippen LogP contribution in [-0.2, 0) is 11.2 Å². The SMILES string of the molecule is CCc1ccc(NC(=O)CSc2nn(-c3ccc(Cl)c(Cl)c3)c(=S)s2)cc1. The number of hydrogen-bond acceptors (Lipinski definition) is 5. The summed E-state index contributed by atoms with van der Waals surface area (Å²) in [6, 6.07) is 13.0. The molecule has 1 heterocycles. The summed E-state index contributed by atoms with van der Waals surface area (Å²) in [4.78, 5) is 12.2. The maximum atomic E-state index is 12.2. The van der Waals surface area contributed by atoms with Crippen LogP contribution in [0.15, 0.2) is 46.8 Å². The Labute approximate surface area is 180 Å². The number of anilines is 1. The molecule has 0 unspecified atom stereocenters. The zero-order chi connectivity index (χ0) is 19.4. The van der Waals surface area contributed by atoms with Gasteiger partial charge < -0.3 is 5.32 Å². The molecule has 0 atom stereocenters. The van der Waals surface area contributed by atoms with E-state index in [-0.39, 0.29) is 11.7 Å². The lowest BCUT2D eigenvalue weighted by Gasteiger charge is -2.05. The molecule has 0 spiro atoms. The van der Waals surface area contributed by atoms with E-state index in [2.05, 4.69) is 17.3 Å². The largest absolute Gasteiger partial charge is 0.325 e. The van der Waals surface area contributed by atoms with Gasteiger partial charge >= 0.3 is 0 Å². The standard InChI is InChI=1S/C18H15Cl2N3OS3/c1-2-11-3-5-12(6-4-11)21-16(24)10-26-17-22-23(18(25)27-17)13-7-8-14(19)15(20)9-13/h3-9H,2,10H2,1H3,(H,21,24). The smallest absolute Gasteiger partial charge is 0.234 e. The molecular weight excluding hydrogens is 441 g/mol. The number of hydrogen-bond donors (Lipinski definition) is 1. The van der Waals surface area contributed by atoms with E-state index < -0.39 is 0 Å². The Balaban J connectivity index is 1.63. The van der Waals surface area contributed by atoms with Gasteiger partial charge in [0, 0.05) is 5.69 Å². The number of thioether (sulfide) groups is 1. The molecule has 0 aliphatic rings. The van der Waals surface area contributed by atoms with Crippen molar-refractivity contribution in [3.63, 3.8) is 0 Å². The van der Waals surface area contributed by atoms with Crippen LogP contribution in [0.2, 0.25) is 10.0 Å². The molecule has 0 fully saturated rings. The highest BCUT2D eigenvalue weighted by Crippen LogP contribution is 2.28. The predicted molar refractivity (Wildman–Crippen MR) is 117 cm³/mol. The van der Waals surface area contributed by atoms with E-state index in [1.807, 2.05) is 24.3 Å². The fourth-order valence-electron chi connectivity index (χ4n) is 2.25. The molecule has 1 aromatic heterocycles. The summed E-state index contributed by atoms with van der Waals surface area (Å²) in [5.74, 6) is 0.158. The number of aromatic nitrogens is 2. The molecule has 1 N–H and O–H groups in total. The summed E-state index contributed by atoms with van der Waals surface area (Å²) in [6.07, 6.45) is 0.969. The minimum Gasteiger partial charge on any atom is -0.325 e. The number of carbonyl (C=O) groups is 1. The van der Waals surface area contributed by atoms with Crippen LogP contribution in [0, 0.1) is 3.95 Å². The quantitative estimate of drug-likeness (QED) is 0.351. The van der Waals surface area contributed by atoms with Crippen molar-refractivity contribution in [3.8, 4) is 5.69 Å². The van der Waals surface area contributed by atoms with Gasteiger partial charge in [-0.15, -0.1) is 5.10 Å². The van der Waals surface area contributed by atoms with Crippen molar-refractivity contribution >= 4 is 70.1 Å². The average Bonchev–Trinajstić information content (AvgIpc) is 3.04. The summed E-state index contributed by atoms with van der Waals surface area (Å²) < 4.78 is 2.90. The van der Waals surface area contributed by atoms with Gasteiger partial charge in [-0.2, -0.15) is 0 Å². The van der Waals surface area contributed by atoms with Crippen molar-refractivity contribution in [1.29, 1.82) is 0 Å². The van der Waals surface area contributed by atoms with Crippen molar-refractivity contribution in [1.82, 2.24) is 9.78 Å². The molecule has 1 amide bonds. The molecular formula is C18H15Cl2N3OS3. The Bertz CT molecular complexity index is 1020. The van der Waals surface area contributed by atoms with E-state index in [4.69, 9.17) is 35.4 Å². The van der Waals surface area contributed by atoms with Gasteiger partial charge in [0.15, 0.2) is 8.29 Å². The maximum absolute atomic E-state index is 12.2. The molecule has 3 rings (SSSR count). The molecule has 140 valence electrons. The van der Waals surface area contributed by atoms with Crippen molar-refractivity contribution in [2.24, 2.45) is 0 Å². The fourth-order valence-corrected chi connectivity index (χ4v) is 4.70. The molecule has 0 aliphatic carbocycles. The lowest BCUT2D eigenvalue weighted by Crippen LogP contribution is -2.13. The Morgan fingerprint density at radius 3 is 2.63 bits per heavy atom. The van der Waals surface area contributed by atoms with Gasteiger partial charge in [-0.05, 0) is 54.5 Å². The lowest BCUT2D eigenvalue weighted by molar-refractivity contribution is -0.113. The second kappa shape index (κ2) is 9.21. The van der Waals surface area contributed by atoms with Crippen LogP contribution >= 0.6 is 58.5 Å². The van der Waals surface area contributed by atoms with E-state index in [1.165, 1.54) is 28.7 Å². The number of carbonyl (C=O) groups excluding carboxylic acids is 1. The van der Waals surface area contributed by atoms with Crippen molar-refractivity contribution < 1.29 is 4.79 Å². The Kier molecular flexibility index (Phi) is 6.94. The van der Waals surface area contributed by atoms with E-state index in [1.54, 1.807) is 22.9 Å². The zero-order valence-electron chi connectivity index (χ0n) is 14.2. The predicted octanol–water partition coefficient (Wildman–Crippen LogP) is 6.26. The number of amides is 1. The molecule has 0 radical (unpaired) electrons. The Morgan fingerprint density at radius 2 is 1.96 bits per heavy atom. The molecule has 2 aromatic carbocycles. The average molecular weight is 456 g/mol. The number of benzene rings is 2. The Hall–Kier alpha value is -1.38. The number of aryl methyl sites for hydroxylation is 1. The molecule has 0 saturated carbocycles. The van der Waals surface area contributed by atoms with E-state index in [9.17, 15) is 4.79 Å². The van der Waals surface area contributed by atoms with Gasteiger partial charge in [0.2, 0.25) is 5.91 Å². The molecule has 3 aromatic rings. The monoisotopic (exact) mass is 455 g/mol. The Morgan fingerprint density at radius 1 is 1.22 bits per heavy atom. The van der Waals surface area contributed by atoms with Crippen LogP contribution in [0.4, 0.5) is 5.69 Å². The number of rotatable bonds is 6. The topological polar surface area (TPSA) is 46.9 Å². The molecule has 4 nitrogen and oxygen atoms in total. The molecule has 0 aliphatic heterocycles. The third-order valence-corrected chi connectivity index (χ3v) is 6.75. The minimum atomic E-state index is -0.0912. The summed E-state index contributed by atoms with van der Waals surface area (Å²) in [7, 11) is 0. The zero-order valence-corrected chi connectivity index (χ0v) is 18.2. The summed E-state index contributed by atoms with van der Waals surface area (Å²) in [5, 5.41) is 8.26. The first-order valence-electron chi connectivity index (χ1n) is 8.03. The van der Waals surface area contributed by atoms with Crippen LogP contribution < -0.4 is 5.32 Å². The van der Waals surface area contributed by atoms with Crippen molar-refractivity contribution in [2.45, 2.75) is 17.7 Å². The maximum Gasteiger partial charge on any atom is 0.234 e. The number of nitrogens with one attached hydrogen (secondary N) is 1. The summed E-state index contributed by atoms with van der Waals surface area (Å²) in [6.45, 7) is 2.09. The first-order chi connectivity index (χ1) is 13.0. The van der Waals surface area contributed by atoms with Gasteiger partial charge in [0.25, 0.3) is 0 Å². The number of nitrogens with zero attached hydrogens (tertiary/aromatic N) is 2. The van der Waals surface area contributed by atoms with Crippen LogP contribution in [0.25, 0.3) is 5.69 Å². The van der Waals surface area contributed by atoms with Crippen LogP contribution in [0.5, 0.6) is 0 Å². The van der Waals surface area contributed by atoms with Gasteiger partial charge in [-0.25, -0.2) is 4.68 Å². The molecule has 0 saturated heterocycles. The van der Waals surface area contributed by atoms with Crippen LogP contribution in [-0.4, -0.2) is 21.4 Å². The molecule has 0 bridgehead atoms. The first-order valence-corrected chi connectivity index (χ1v) is 11.0. The van der Waals surface area contributed by atoms with E-state index in [0.717, 1.165) is 17.8 Å². The highest BCUT2D eigenvalue weighted by molar-refractivity contribution is 8.01. The molecule has 9 heteroatoms. The van der Waals surface area contributed by atoms with Crippen LogP contribution in [0.1, 0.15) is 12.5 Å². The van der Waals surface area contributed by atoms with Crippen LogP contribution in [0.3, 0.4) is 0 Å². The summed E-state index contributed by atoms with van der Waals surface area (Å²) >= 11 is 20.1. The highest BCUT2D eigenvalue weighted by Gasteiger charge is 2.11. The second-order valence-corrected chi connectivity index (χ2v) is 9.19. The summed E-state index contributed by atoms with van der Waals surface area (Å²) in [5.41, 5.74) is 2.75. The van der Waals surface area contributed by atoms with E-state index >= 15 is 0 Å². The number of halogens is 2. The normalized spacial score (nSPS) is 10.8. The van der Waals surface area contributed by atoms with Gasteiger partial charge in [0.05, 0.1) is 21.5 Å². The molecule has 27 heavy (non-hydrogen) atoms. The fraction of sp³-hybridized carbons (Fsp3) is 0.167. The lowest BCUT2D eigenvalue weighted by atomic mass is 10.1. The van der Waals surface area contributed by atoms with E-state index in [0.29, 0.717) is 18.3 Å². The first kappa shape index (κ1) is 20.4. The second-order valence-electron chi connectivity index (χ2n) is 5.53.